The Morgan fingerprint density at radius 3 is 2.63 bits per heavy atom. The van der Waals surface area contributed by atoms with Crippen molar-refractivity contribution in [2.24, 2.45) is 5.73 Å². The summed E-state index contributed by atoms with van der Waals surface area (Å²) in [7, 11) is 0. The Balaban J connectivity index is 2.03. The number of nitrogens with one attached hydrogen (secondary N) is 2. The Hall–Kier alpha value is -2.33. The summed E-state index contributed by atoms with van der Waals surface area (Å²) < 4.78 is 0. The highest BCUT2D eigenvalue weighted by atomic mass is 16.2. The summed E-state index contributed by atoms with van der Waals surface area (Å²) in [6, 6.07) is 14.9. The van der Waals surface area contributed by atoms with E-state index >= 15 is 0 Å². The highest BCUT2D eigenvalue weighted by Gasteiger charge is 2.04. The summed E-state index contributed by atoms with van der Waals surface area (Å²) >= 11 is 0. The van der Waals surface area contributed by atoms with Gasteiger partial charge in [-0.3, -0.25) is 0 Å². The summed E-state index contributed by atoms with van der Waals surface area (Å²) in [6.07, 6.45) is 0. The van der Waals surface area contributed by atoms with E-state index in [1.54, 1.807) is 0 Å². The Kier molecular flexibility index (Phi) is 4.15. The van der Waals surface area contributed by atoms with E-state index in [0.717, 1.165) is 22.5 Å². The van der Waals surface area contributed by atoms with Crippen molar-refractivity contribution in [2.45, 2.75) is 13.5 Å². The first-order chi connectivity index (χ1) is 9.19. The van der Waals surface area contributed by atoms with Gasteiger partial charge in [0.1, 0.15) is 0 Å². The molecule has 2 rings (SSSR count). The van der Waals surface area contributed by atoms with Crippen LogP contribution in [-0.4, -0.2) is 6.03 Å². The number of urea groups is 1. The normalized spacial score (nSPS) is 10.0. The van der Waals surface area contributed by atoms with Crippen molar-refractivity contribution in [3.8, 4) is 0 Å². The van der Waals surface area contributed by atoms with Gasteiger partial charge in [0, 0.05) is 17.9 Å². The average molecular weight is 255 g/mol. The van der Waals surface area contributed by atoms with Gasteiger partial charge in [-0.25, -0.2) is 4.79 Å². The quantitative estimate of drug-likeness (QED) is 0.789. The molecule has 0 spiro atoms. The van der Waals surface area contributed by atoms with E-state index in [0.29, 0.717) is 6.54 Å². The van der Waals surface area contributed by atoms with Gasteiger partial charge < -0.3 is 16.4 Å². The molecule has 0 fully saturated rings. The number of amides is 2. The number of hydrogen-bond donors (Lipinski definition) is 3. The zero-order valence-corrected chi connectivity index (χ0v) is 10.8. The molecule has 2 amide bonds. The molecule has 0 saturated carbocycles. The third-order valence-electron chi connectivity index (χ3n) is 2.81. The zero-order valence-electron chi connectivity index (χ0n) is 10.8. The highest BCUT2D eigenvalue weighted by molar-refractivity contribution is 6.00. The molecule has 4 heteroatoms. The largest absolute Gasteiger partial charge is 0.326 e. The van der Waals surface area contributed by atoms with Crippen molar-refractivity contribution < 1.29 is 4.79 Å². The number of carbonyl (C=O) groups excluding carboxylic acids is 1. The number of carbonyl (C=O) groups is 1. The smallest absolute Gasteiger partial charge is 0.323 e. The Morgan fingerprint density at radius 1 is 1.11 bits per heavy atom. The van der Waals surface area contributed by atoms with Gasteiger partial charge in [0.25, 0.3) is 0 Å². The van der Waals surface area contributed by atoms with Crippen LogP contribution in [0.1, 0.15) is 11.1 Å². The molecule has 4 N–H and O–H groups in total. The van der Waals surface area contributed by atoms with Crippen LogP contribution in [-0.2, 0) is 6.54 Å². The Labute approximate surface area is 112 Å². The van der Waals surface area contributed by atoms with E-state index in [1.165, 1.54) is 0 Å². The minimum atomic E-state index is -0.261. The van der Waals surface area contributed by atoms with Crippen molar-refractivity contribution in [3.05, 3.63) is 59.7 Å². The summed E-state index contributed by atoms with van der Waals surface area (Å²) in [5.41, 5.74) is 9.10. The number of nitrogens with two attached hydrogens (primary N) is 1. The molecule has 4 nitrogen and oxygen atoms in total. The Bertz CT molecular complexity index is 581. The van der Waals surface area contributed by atoms with E-state index in [9.17, 15) is 4.79 Å². The minimum absolute atomic E-state index is 0.261. The minimum Gasteiger partial charge on any atom is -0.326 e. The van der Waals surface area contributed by atoms with Crippen LogP contribution >= 0.6 is 0 Å². The second kappa shape index (κ2) is 6.02. The fraction of sp³-hybridized carbons (Fsp3) is 0.133. The van der Waals surface area contributed by atoms with Crippen LogP contribution < -0.4 is 16.4 Å². The molecule has 0 aliphatic heterocycles. The molecule has 0 atom stereocenters. The van der Waals surface area contributed by atoms with E-state index in [2.05, 4.69) is 10.6 Å². The van der Waals surface area contributed by atoms with Gasteiger partial charge in [0.05, 0.1) is 0 Å². The second-order valence-electron chi connectivity index (χ2n) is 4.30. The molecule has 2 aromatic carbocycles. The predicted octanol–water partition coefficient (Wildman–Crippen LogP) is 3.10. The van der Waals surface area contributed by atoms with Gasteiger partial charge in [-0.1, -0.05) is 30.3 Å². The van der Waals surface area contributed by atoms with Gasteiger partial charge in [-0.15, -0.1) is 0 Å². The maximum Gasteiger partial charge on any atom is 0.323 e. The average Bonchev–Trinajstić information content (AvgIpc) is 2.41. The molecule has 0 saturated heterocycles. The van der Waals surface area contributed by atoms with Gasteiger partial charge >= 0.3 is 6.03 Å². The molecular weight excluding hydrogens is 238 g/mol. The summed E-state index contributed by atoms with van der Waals surface area (Å²) in [5.74, 6) is 0. The summed E-state index contributed by atoms with van der Waals surface area (Å²) in [6.45, 7) is 2.40. The van der Waals surface area contributed by atoms with Crippen LogP contribution in [0.2, 0.25) is 0 Å². The lowest BCUT2D eigenvalue weighted by Crippen LogP contribution is -2.20. The number of para-hydroxylation sites is 1. The van der Waals surface area contributed by atoms with Gasteiger partial charge in [0.2, 0.25) is 0 Å². The number of benzene rings is 2. The summed E-state index contributed by atoms with van der Waals surface area (Å²) in [5, 5.41) is 5.60. The topological polar surface area (TPSA) is 67.2 Å². The summed E-state index contributed by atoms with van der Waals surface area (Å²) in [4.78, 5) is 11.9. The third kappa shape index (κ3) is 3.56. The number of rotatable bonds is 3. The third-order valence-corrected chi connectivity index (χ3v) is 2.81. The molecule has 0 bridgehead atoms. The first-order valence-electron chi connectivity index (χ1n) is 6.11. The van der Waals surface area contributed by atoms with Crippen LogP contribution in [0.4, 0.5) is 16.2 Å². The number of anilines is 2. The fourth-order valence-electron chi connectivity index (χ4n) is 1.77. The molecule has 2 aromatic rings. The van der Waals surface area contributed by atoms with Gasteiger partial charge in [0.15, 0.2) is 0 Å². The maximum atomic E-state index is 11.9. The highest BCUT2D eigenvalue weighted by Crippen LogP contribution is 2.14. The van der Waals surface area contributed by atoms with Gasteiger partial charge in [-0.05, 0) is 36.2 Å². The molecule has 19 heavy (non-hydrogen) atoms. The van der Waals surface area contributed by atoms with Crippen LogP contribution in [0.3, 0.4) is 0 Å². The first kappa shape index (κ1) is 13.1. The van der Waals surface area contributed by atoms with E-state index in [4.69, 9.17) is 5.73 Å². The number of hydrogen-bond acceptors (Lipinski definition) is 2. The molecule has 0 heterocycles. The lowest BCUT2D eigenvalue weighted by Gasteiger charge is -2.10. The van der Waals surface area contributed by atoms with E-state index in [-0.39, 0.29) is 6.03 Å². The van der Waals surface area contributed by atoms with Crippen LogP contribution in [0, 0.1) is 6.92 Å². The SMILES string of the molecule is Cc1ccccc1NC(=O)Nc1cccc(CN)c1. The van der Waals surface area contributed by atoms with Crippen LogP contribution in [0.25, 0.3) is 0 Å². The van der Waals surface area contributed by atoms with Crippen LogP contribution in [0.15, 0.2) is 48.5 Å². The van der Waals surface area contributed by atoms with Crippen LogP contribution in [0.5, 0.6) is 0 Å². The van der Waals surface area contributed by atoms with Crippen molar-refractivity contribution in [1.82, 2.24) is 0 Å². The predicted molar refractivity (Wildman–Crippen MR) is 78.2 cm³/mol. The monoisotopic (exact) mass is 255 g/mol. The van der Waals surface area contributed by atoms with E-state index < -0.39 is 0 Å². The van der Waals surface area contributed by atoms with Crippen molar-refractivity contribution in [1.29, 1.82) is 0 Å². The zero-order chi connectivity index (χ0) is 13.7. The van der Waals surface area contributed by atoms with Crippen molar-refractivity contribution >= 4 is 17.4 Å². The molecule has 0 aromatic heterocycles. The van der Waals surface area contributed by atoms with Crippen molar-refractivity contribution in [3.63, 3.8) is 0 Å². The fourth-order valence-corrected chi connectivity index (χ4v) is 1.77. The lowest BCUT2D eigenvalue weighted by molar-refractivity contribution is 0.262. The molecule has 0 aliphatic carbocycles. The molecule has 98 valence electrons. The molecule has 0 radical (unpaired) electrons. The maximum absolute atomic E-state index is 11.9. The molecule has 0 unspecified atom stereocenters. The number of aryl methyl sites for hydroxylation is 1. The Morgan fingerprint density at radius 2 is 1.89 bits per heavy atom. The lowest BCUT2D eigenvalue weighted by atomic mass is 10.2. The van der Waals surface area contributed by atoms with E-state index in [1.807, 2.05) is 55.5 Å². The first-order valence-corrected chi connectivity index (χ1v) is 6.11. The standard InChI is InChI=1S/C15H17N3O/c1-11-5-2-3-8-14(11)18-15(19)17-13-7-4-6-12(9-13)10-16/h2-9H,10,16H2,1H3,(H2,17,18,19). The molecule has 0 aliphatic rings. The molecular formula is C15H17N3O. The second-order valence-corrected chi connectivity index (χ2v) is 4.30. The van der Waals surface area contributed by atoms with Crippen molar-refractivity contribution in [2.75, 3.05) is 10.6 Å². The van der Waals surface area contributed by atoms with Gasteiger partial charge in [-0.2, -0.15) is 0 Å².